The van der Waals surface area contributed by atoms with Gasteiger partial charge in [-0.25, -0.2) is 4.98 Å². The van der Waals surface area contributed by atoms with Gasteiger partial charge in [0.15, 0.2) is 5.76 Å². The maximum atomic E-state index is 10.9. The number of rotatable bonds is 4. The van der Waals surface area contributed by atoms with Gasteiger partial charge in [0.25, 0.3) is 5.69 Å². The second kappa shape index (κ2) is 5.65. The summed E-state index contributed by atoms with van der Waals surface area (Å²) in [6, 6.07) is 4.87. The van der Waals surface area contributed by atoms with Gasteiger partial charge in [-0.2, -0.15) is 0 Å². The molecule has 1 aromatic heterocycles. The third-order valence-corrected chi connectivity index (χ3v) is 2.88. The van der Waals surface area contributed by atoms with Crippen molar-refractivity contribution in [3.05, 3.63) is 46.0 Å². The molecule has 112 valence electrons. The van der Waals surface area contributed by atoms with Crippen LogP contribution in [-0.2, 0) is 6.54 Å². The lowest BCUT2D eigenvalue weighted by molar-refractivity contribution is -0.384. The Morgan fingerprint density at radius 3 is 2.67 bits per heavy atom. The average Bonchev–Trinajstić information content (AvgIpc) is 2.83. The van der Waals surface area contributed by atoms with E-state index in [1.807, 2.05) is 13.0 Å². The fraction of sp³-hybridized carbons (Fsp3) is 0.400. The molecule has 0 aliphatic rings. The van der Waals surface area contributed by atoms with Crippen molar-refractivity contribution in [1.82, 2.24) is 10.3 Å². The van der Waals surface area contributed by atoms with Crippen molar-refractivity contribution in [1.29, 1.82) is 0 Å². The summed E-state index contributed by atoms with van der Waals surface area (Å²) in [5.41, 5.74) is 1.49. The van der Waals surface area contributed by atoms with Crippen molar-refractivity contribution in [2.24, 2.45) is 0 Å². The normalized spacial score (nSPS) is 11.6. The van der Waals surface area contributed by atoms with Crippen LogP contribution in [0.15, 0.2) is 28.8 Å². The van der Waals surface area contributed by atoms with Crippen LogP contribution in [0.3, 0.4) is 0 Å². The third-order valence-electron chi connectivity index (χ3n) is 2.88. The minimum absolute atomic E-state index is 0.0310. The molecular weight excluding hydrogens is 270 g/mol. The Labute approximate surface area is 123 Å². The van der Waals surface area contributed by atoms with Crippen LogP contribution in [0.4, 0.5) is 5.69 Å². The van der Waals surface area contributed by atoms with E-state index in [4.69, 9.17) is 4.42 Å². The Balaban J connectivity index is 2.23. The lowest BCUT2D eigenvalue weighted by Gasteiger charge is -2.18. The van der Waals surface area contributed by atoms with Crippen molar-refractivity contribution in [2.45, 2.75) is 39.8 Å². The quantitative estimate of drug-likeness (QED) is 0.688. The van der Waals surface area contributed by atoms with Gasteiger partial charge < -0.3 is 9.73 Å². The number of nitrogens with one attached hydrogen (secondary N) is 1. The molecule has 6 heteroatoms. The molecule has 0 spiro atoms. The van der Waals surface area contributed by atoms with Gasteiger partial charge in [-0.3, -0.25) is 10.1 Å². The minimum Gasteiger partial charge on any atom is -0.439 e. The first-order valence-corrected chi connectivity index (χ1v) is 6.71. The molecule has 21 heavy (non-hydrogen) atoms. The molecule has 0 fully saturated rings. The van der Waals surface area contributed by atoms with Crippen LogP contribution in [0.2, 0.25) is 0 Å². The number of oxazole rings is 1. The first-order chi connectivity index (χ1) is 9.74. The van der Waals surface area contributed by atoms with Gasteiger partial charge in [-0.05, 0) is 39.3 Å². The van der Waals surface area contributed by atoms with Crippen molar-refractivity contribution in [3.8, 4) is 11.3 Å². The second-order valence-electron chi connectivity index (χ2n) is 6.04. The molecular formula is C15H19N3O3. The van der Waals surface area contributed by atoms with E-state index < -0.39 is 4.92 Å². The number of nitro groups is 1. The lowest BCUT2D eigenvalue weighted by Crippen LogP contribution is -2.35. The number of hydrogen-bond acceptors (Lipinski definition) is 5. The van der Waals surface area contributed by atoms with Gasteiger partial charge in [-0.1, -0.05) is 0 Å². The molecule has 0 bridgehead atoms. The molecule has 2 rings (SSSR count). The average molecular weight is 289 g/mol. The molecule has 0 amide bonds. The fourth-order valence-electron chi connectivity index (χ4n) is 1.88. The number of nitrogens with zero attached hydrogens (tertiary/aromatic N) is 2. The molecule has 0 unspecified atom stereocenters. The van der Waals surface area contributed by atoms with Crippen molar-refractivity contribution in [2.75, 3.05) is 0 Å². The molecule has 0 atom stereocenters. The largest absolute Gasteiger partial charge is 0.439 e. The maximum Gasteiger partial charge on any atom is 0.270 e. The van der Waals surface area contributed by atoms with Crippen molar-refractivity contribution >= 4 is 5.69 Å². The highest BCUT2D eigenvalue weighted by molar-refractivity contribution is 5.61. The molecule has 2 aromatic rings. The van der Waals surface area contributed by atoms with Crippen LogP contribution < -0.4 is 5.32 Å². The van der Waals surface area contributed by atoms with Gasteiger partial charge in [0.2, 0.25) is 5.89 Å². The smallest absolute Gasteiger partial charge is 0.270 e. The summed E-state index contributed by atoms with van der Waals surface area (Å²) in [6.07, 6.45) is 1.60. The van der Waals surface area contributed by atoms with E-state index in [1.165, 1.54) is 12.1 Å². The number of non-ortho nitro benzene ring substituents is 1. The Bertz CT molecular complexity index is 656. The summed E-state index contributed by atoms with van der Waals surface area (Å²) < 4.78 is 5.66. The summed E-state index contributed by atoms with van der Waals surface area (Å²) >= 11 is 0. The highest BCUT2D eigenvalue weighted by Gasteiger charge is 2.14. The molecule has 0 saturated carbocycles. The predicted molar refractivity (Wildman–Crippen MR) is 79.9 cm³/mol. The van der Waals surface area contributed by atoms with Crippen LogP contribution in [0.1, 0.15) is 32.2 Å². The fourth-order valence-corrected chi connectivity index (χ4v) is 1.88. The Kier molecular flexibility index (Phi) is 4.09. The molecule has 1 aromatic carbocycles. The van der Waals surface area contributed by atoms with E-state index in [0.29, 0.717) is 23.8 Å². The van der Waals surface area contributed by atoms with Crippen molar-refractivity contribution in [3.63, 3.8) is 0 Å². The Morgan fingerprint density at radius 1 is 1.33 bits per heavy atom. The second-order valence-corrected chi connectivity index (χ2v) is 6.04. The van der Waals surface area contributed by atoms with E-state index in [2.05, 4.69) is 31.1 Å². The first-order valence-electron chi connectivity index (χ1n) is 6.71. The third kappa shape index (κ3) is 4.13. The van der Waals surface area contributed by atoms with Gasteiger partial charge in [0, 0.05) is 23.2 Å². The Hall–Kier alpha value is -2.21. The first kappa shape index (κ1) is 15.2. The molecule has 0 aliphatic heterocycles. The summed E-state index contributed by atoms with van der Waals surface area (Å²) in [5, 5.41) is 14.2. The highest BCUT2D eigenvalue weighted by Crippen LogP contribution is 2.26. The number of benzene rings is 1. The summed E-state index contributed by atoms with van der Waals surface area (Å²) in [6.45, 7) is 8.49. The standard InChI is InChI=1S/C15H19N3O3/c1-10-5-11(7-12(6-10)18(19)20)13-8-16-14(21-13)9-17-15(2,3)4/h5-8,17H,9H2,1-4H3. The topological polar surface area (TPSA) is 81.2 Å². The van der Waals surface area contributed by atoms with Crippen LogP contribution in [-0.4, -0.2) is 15.4 Å². The number of aryl methyl sites for hydroxylation is 1. The Morgan fingerprint density at radius 2 is 2.05 bits per heavy atom. The number of nitro benzene ring substituents is 1. The van der Waals surface area contributed by atoms with Gasteiger partial charge in [0.05, 0.1) is 17.7 Å². The van der Waals surface area contributed by atoms with Crippen molar-refractivity contribution < 1.29 is 9.34 Å². The number of hydrogen-bond donors (Lipinski definition) is 1. The maximum absolute atomic E-state index is 10.9. The predicted octanol–water partition coefficient (Wildman–Crippen LogP) is 3.45. The van der Waals surface area contributed by atoms with Gasteiger partial charge in [0.1, 0.15) is 0 Å². The van der Waals surface area contributed by atoms with E-state index >= 15 is 0 Å². The molecule has 0 saturated heterocycles. The zero-order chi connectivity index (χ0) is 15.6. The molecule has 6 nitrogen and oxygen atoms in total. The molecule has 0 aliphatic carbocycles. The molecule has 0 radical (unpaired) electrons. The van der Waals surface area contributed by atoms with Crippen LogP contribution >= 0.6 is 0 Å². The zero-order valence-corrected chi connectivity index (χ0v) is 12.6. The van der Waals surface area contributed by atoms with E-state index in [0.717, 1.165) is 5.56 Å². The number of aromatic nitrogens is 1. The summed E-state index contributed by atoms with van der Waals surface area (Å²) in [5.74, 6) is 1.09. The van der Waals surface area contributed by atoms with Crippen LogP contribution in [0.5, 0.6) is 0 Å². The highest BCUT2D eigenvalue weighted by atomic mass is 16.6. The van der Waals surface area contributed by atoms with Crippen LogP contribution in [0, 0.1) is 17.0 Å². The molecule has 1 heterocycles. The zero-order valence-electron chi connectivity index (χ0n) is 12.6. The molecule has 1 N–H and O–H groups in total. The van der Waals surface area contributed by atoms with Gasteiger partial charge in [-0.15, -0.1) is 0 Å². The monoisotopic (exact) mass is 289 g/mol. The van der Waals surface area contributed by atoms with Crippen LogP contribution in [0.25, 0.3) is 11.3 Å². The van der Waals surface area contributed by atoms with Gasteiger partial charge >= 0.3 is 0 Å². The minimum atomic E-state index is -0.408. The van der Waals surface area contributed by atoms with E-state index in [1.54, 1.807) is 6.20 Å². The van der Waals surface area contributed by atoms with E-state index in [-0.39, 0.29) is 11.2 Å². The summed E-state index contributed by atoms with van der Waals surface area (Å²) in [4.78, 5) is 14.7. The summed E-state index contributed by atoms with van der Waals surface area (Å²) in [7, 11) is 0. The van der Waals surface area contributed by atoms with E-state index in [9.17, 15) is 10.1 Å². The SMILES string of the molecule is Cc1cc(-c2cnc(CNC(C)(C)C)o2)cc([N+](=O)[O-])c1. The lowest BCUT2D eigenvalue weighted by atomic mass is 10.1.